The van der Waals surface area contributed by atoms with Crippen LogP contribution in [0.3, 0.4) is 0 Å². The van der Waals surface area contributed by atoms with E-state index in [2.05, 4.69) is 29.6 Å². The second-order valence-corrected chi connectivity index (χ2v) is 6.34. The van der Waals surface area contributed by atoms with Gasteiger partial charge in [-0.2, -0.15) is 0 Å². The van der Waals surface area contributed by atoms with Crippen LogP contribution in [0.4, 0.5) is 4.39 Å². The van der Waals surface area contributed by atoms with Gasteiger partial charge < -0.3 is 10.1 Å². The van der Waals surface area contributed by atoms with Crippen LogP contribution < -0.4 is 10.1 Å². The second kappa shape index (κ2) is 8.48. The first-order chi connectivity index (χ1) is 12.6. The van der Waals surface area contributed by atoms with Gasteiger partial charge in [-0.3, -0.25) is 4.79 Å². The van der Waals surface area contributed by atoms with E-state index in [0.29, 0.717) is 25.3 Å². The summed E-state index contributed by atoms with van der Waals surface area (Å²) < 4.78 is 18.3. The van der Waals surface area contributed by atoms with Crippen LogP contribution in [0.15, 0.2) is 66.7 Å². The number of carbonyl (C=O) groups is 1. The van der Waals surface area contributed by atoms with E-state index in [9.17, 15) is 9.18 Å². The summed E-state index contributed by atoms with van der Waals surface area (Å²) in [5.41, 5.74) is 1.17. The van der Waals surface area contributed by atoms with E-state index >= 15 is 0 Å². The minimum atomic E-state index is -0.298. The molecule has 0 aliphatic heterocycles. The fraction of sp³-hybridized carbons (Fsp3) is 0.227. The van der Waals surface area contributed by atoms with E-state index in [0.717, 1.165) is 0 Å². The van der Waals surface area contributed by atoms with Crippen molar-refractivity contribution in [2.24, 2.45) is 5.92 Å². The van der Waals surface area contributed by atoms with Crippen molar-refractivity contribution < 1.29 is 13.9 Å². The summed E-state index contributed by atoms with van der Waals surface area (Å²) in [6.07, 6.45) is 0.687. The lowest BCUT2D eigenvalue weighted by molar-refractivity contribution is -0.124. The quantitative estimate of drug-likeness (QED) is 0.643. The zero-order valence-electron chi connectivity index (χ0n) is 14.7. The van der Waals surface area contributed by atoms with Crippen molar-refractivity contribution in [1.82, 2.24) is 5.32 Å². The molecular formula is C22H22FNO2. The Morgan fingerprint density at radius 3 is 2.58 bits per heavy atom. The zero-order valence-corrected chi connectivity index (χ0v) is 14.7. The molecule has 3 rings (SSSR count). The van der Waals surface area contributed by atoms with Gasteiger partial charge in [-0.15, -0.1) is 0 Å². The molecule has 26 heavy (non-hydrogen) atoms. The van der Waals surface area contributed by atoms with Crippen molar-refractivity contribution in [1.29, 1.82) is 0 Å². The van der Waals surface area contributed by atoms with Gasteiger partial charge in [-0.25, -0.2) is 4.39 Å². The first kappa shape index (κ1) is 17.9. The van der Waals surface area contributed by atoms with Crippen molar-refractivity contribution in [3.05, 3.63) is 78.1 Å². The average molecular weight is 351 g/mol. The van der Waals surface area contributed by atoms with Crippen molar-refractivity contribution in [3.63, 3.8) is 0 Å². The molecule has 0 radical (unpaired) electrons. The van der Waals surface area contributed by atoms with Gasteiger partial charge in [0.2, 0.25) is 5.91 Å². The molecule has 3 aromatic carbocycles. The molecule has 134 valence electrons. The Morgan fingerprint density at radius 2 is 1.77 bits per heavy atom. The Bertz CT molecular complexity index is 871. The Labute approximate surface area is 152 Å². The summed E-state index contributed by atoms with van der Waals surface area (Å²) in [5, 5.41) is 5.27. The monoisotopic (exact) mass is 351 g/mol. The molecule has 0 aliphatic rings. The van der Waals surface area contributed by atoms with E-state index in [1.165, 1.54) is 28.5 Å². The van der Waals surface area contributed by atoms with Crippen LogP contribution in [0.25, 0.3) is 10.8 Å². The molecule has 0 saturated heterocycles. The average Bonchev–Trinajstić information content (AvgIpc) is 2.66. The Hall–Kier alpha value is -2.88. The van der Waals surface area contributed by atoms with Gasteiger partial charge in [0.1, 0.15) is 18.2 Å². The fourth-order valence-corrected chi connectivity index (χ4v) is 2.94. The van der Waals surface area contributed by atoms with E-state index in [-0.39, 0.29) is 17.6 Å². The largest absolute Gasteiger partial charge is 0.492 e. The minimum absolute atomic E-state index is 0.000593. The lowest BCUT2D eigenvalue weighted by atomic mass is 9.95. The molecule has 0 unspecified atom stereocenters. The number of hydrogen-bond acceptors (Lipinski definition) is 2. The van der Waals surface area contributed by atoms with Crippen LogP contribution in [-0.2, 0) is 11.2 Å². The normalized spacial score (nSPS) is 11.9. The molecule has 3 nitrogen and oxygen atoms in total. The predicted octanol–water partition coefficient (Wildman–Crippen LogP) is 4.35. The molecule has 1 N–H and O–H groups in total. The number of fused-ring (bicyclic) bond motifs is 1. The molecule has 1 amide bonds. The molecule has 0 heterocycles. The second-order valence-electron chi connectivity index (χ2n) is 6.34. The SMILES string of the molecule is C[C@H](Cc1cccc2ccccc12)C(=O)NCCOc1ccc(F)cc1. The third-order valence-electron chi connectivity index (χ3n) is 4.34. The fourth-order valence-electron chi connectivity index (χ4n) is 2.94. The summed E-state index contributed by atoms with van der Waals surface area (Å²) in [6.45, 7) is 2.69. The third-order valence-corrected chi connectivity index (χ3v) is 4.34. The molecule has 0 spiro atoms. The van der Waals surface area contributed by atoms with E-state index in [1.807, 2.05) is 25.1 Å². The van der Waals surface area contributed by atoms with Crippen molar-refractivity contribution >= 4 is 16.7 Å². The molecular weight excluding hydrogens is 329 g/mol. The van der Waals surface area contributed by atoms with Crippen molar-refractivity contribution in [3.8, 4) is 5.75 Å². The van der Waals surface area contributed by atoms with Gasteiger partial charge in [0, 0.05) is 5.92 Å². The van der Waals surface area contributed by atoms with Crippen LogP contribution in [0.1, 0.15) is 12.5 Å². The highest BCUT2D eigenvalue weighted by molar-refractivity contribution is 5.86. The first-order valence-electron chi connectivity index (χ1n) is 8.76. The van der Waals surface area contributed by atoms with Crippen LogP contribution in [0.5, 0.6) is 5.75 Å². The van der Waals surface area contributed by atoms with E-state index in [1.54, 1.807) is 12.1 Å². The number of halogens is 1. The van der Waals surface area contributed by atoms with E-state index in [4.69, 9.17) is 4.74 Å². The number of nitrogens with one attached hydrogen (secondary N) is 1. The maximum atomic E-state index is 12.8. The number of amides is 1. The summed E-state index contributed by atoms with van der Waals surface area (Å²) in [6, 6.07) is 20.2. The van der Waals surface area contributed by atoms with Crippen molar-refractivity contribution in [2.45, 2.75) is 13.3 Å². The molecule has 0 fully saturated rings. The Kier molecular flexibility index (Phi) is 5.84. The van der Waals surface area contributed by atoms with Gasteiger partial charge in [0.15, 0.2) is 0 Å². The molecule has 4 heteroatoms. The van der Waals surface area contributed by atoms with Crippen LogP contribution >= 0.6 is 0 Å². The Morgan fingerprint density at radius 1 is 1.04 bits per heavy atom. The van der Waals surface area contributed by atoms with Crippen LogP contribution in [0, 0.1) is 11.7 Å². The van der Waals surface area contributed by atoms with Gasteiger partial charge in [0.05, 0.1) is 6.54 Å². The molecule has 3 aromatic rings. The first-order valence-corrected chi connectivity index (χ1v) is 8.76. The summed E-state index contributed by atoms with van der Waals surface area (Å²) in [4.78, 5) is 12.3. The highest BCUT2D eigenvalue weighted by atomic mass is 19.1. The molecule has 0 aromatic heterocycles. The van der Waals surface area contributed by atoms with Crippen LogP contribution in [-0.4, -0.2) is 19.1 Å². The minimum Gasteiger partial charge on any atom is -0.492 e. The molecule has 0 bridgehead atoms. The standard InChI is InChI=1S/C22H22FNO2/c1-16(15-18-7-4-6-17-5-2-3-8-21(17)18)22(25)24-13-14-26-20-11-9-19(23)10-12-20/h2-12,16H,13-15H2,1H3,(H,24,25)/t16-/m1/s1. The number of benzene rings is 3. The molecule has 0 aliphatic carbocycles. The smallest absolute Gasteiger partial charge is 0.223 e. The van der Waals surface area contributed by atoms with Gasteiger partial charge in [-0.1, -0.05) is 49.4 Å². The maximum Gasteiger partial charge on any atom is 0.223 e. The number of ether oxygens (including phenoxy) is 1. The predicted molar refractivity (Wildman–Crippen MR) is 102 cm³/mol. The zero-order chi connectivity index (χ0) is 18.4. The van der Waals surface area contributed by atoms with E-state index < -0.39 is 0 Å². The van der Waals surface area contributed by atoms with Crippen molar-refractivity contribution in [2.75, 3.05) is 13.2 Å². The molecule has 1 atom stereocenters. The summed E-state index contributed by atoms with van der Waals surface area (Å²) in [5.74, 6) is 0.157. The number of carbonyl (C=O) groups excluding carboxylic acids is 1. The Balaban J connectivity index is 1.49. The number of hydrogen-bond donors (Lipinski definition) is 1. The highest BCUT2D eigenvalue weighted by Crippen LogP contribution is 2.21. The van der Waals surface area contributed by atoms with Gasteiger partial charge in [0.25, 0.3) is 0 Å². The summed E-state index contributed by atoms with van der Waals surface area (Å²) in [7, 11) is 0. The molecule has 0 saturated carbocycles. The summed E-state index contributed by atoms with van der Waals surface area (Å²) >= 11 is 0. The highest BCUT2D eigenvalue weighted by Gasteiger charge is 2.14. The maximum absolute atomic E-state index is 12.8. The van der Waals surface area contributed by atoms with Gasteiger partial charge in [-0.05, 0) is 47.0 Å². The number of rotatable bonds is 7. The third kappa shape index (κ3) is 4.60. The topological polar surface area (TPSA) is 38.3 Å². The van der Waals surface area contributed by atoms with Gasteiger partial charge >= 0.3 is 0 Å². The lowest BCUT2D eigenvalue weighted by Gasteiger charge is -2.14. The lowest BCUT2D eigenvalue weighted by Crippen LogP contribution is -2.33. The van der Waals surface area contributed by atoms with Crippen LogP contribution in [0.2, 0.25) is 0 Å².